The molecule has 0 radical (unpaired) electrons. The molecule has 0 unspecified atom stereocenters. The van der Waals surface area contributed by atoms with E-state index in [2.05, 4.69) is 90.7 Å². The average Bonchev–Trinajstić information content (AvgIpc) is 3.37. The molecule has 1 aliphatic rings. The highest BCUT2D eigenvalue weighted by Crippen LogP contribution is 2.35. The Balaban J connectivity index is 0.000000149. The molecule has 6 rings (SSSR count). The molecular weight excluding hydrogens is 632 g/mol. The predicted octanol–water partition coefficient (Wildman–Crippen LogP) is 12.3. The summed E-state index contributed by atoms with van der Waals surface area (Å²) in [6.45, 7) is 8.66. The van der Waals surface area contributed by atoms with E-state index in [-0.39, 0.29) is 0 Å². The minimum Gasteiger partial charge on any atom is -0.312 e. The number of aromatic nitrogens is 1. The lowest BCUT2D eigenvalue weighted by Crippen LogP contribution is -1.97. The standard InChI is InChI=1S/C16H13Cl2N.C11H12.C6H3BrCl2/c1-10-11(2)19(14-8-4-3-6-12(10)14)15-9-5-7-13(17)16(15)18;1-8-7-10-5-3-4-6-11(10)9(8)2;7-4-2-1-3-5(8)6(4)9/h3-9H,1-2H3;3-6H,7H2,1-2H3;1-3H. The maximum absolute atomic E-state index is 6.36. The summed E-state index contributed by atoms with van der Waals surface area (Å²) in [7, 11) is 0. The Hall–Kier alpha value is -2.20. The van der Waals surface area contributed by atoms with Crippen LogP contribution in [0.3, 0.4) is 0 Å². The molecule has 0 saturated carbocycles. The molecule has 5 aromatic rings. The Morgan fingerprint density at radius 1 is 0.667 bits per heavy atom. The van der Waals surface area contributed by atoms with E-state index in [4.69, 9.17) is 46.4 Å². The molecule has 1 aliphatic carbocycles. The molecule has 0 amide bonds. The van der Waals surface area contributed by atoms with E-state index in [1.165, 1.54) is 38.9 Å². The Morgan fingerprint density at radius 3 is 1.95 bits per heavy atom. The summed E-state index contributed by atoms with van der Waals surface area (Å²) < 4.78 is 3.00. The number of benzene rings is 4. The molecule has 1 nitrogen and oxygen atoms in total. The van der Waals surface area contributed by atoms with Gasteiger partial charge in [-0.05, 0) is 103 Å². The van der Waals surface area contributed by atoms with Gasteiger partial charge in [0.2, 0.25) is 0 Å². The Bertz CT molecular complexity index is 1660. The van der Waals surface area contributed by atoms with Gasteiger partial charge in [-0.25, -0.2) is 0 Å². The Kier molecular flexibility index (Phi) is 9.91. The van der Waals surface area contributed by atoms with Gasteiger partial charge in [-0.2, -0.15) is 0 Å². The van der Waals surface area contributed by atoms with Gasteiger partial charge in [0.1, 0.15) is 0 Å². The minimum absolute atomic E-state index is 0.569. The van der Waals surface area contributed by atoms with Crippen molar-refractivity contribution in [1.29, 1.82) is 0 Å². The second kappa shape index (κ2) is 13.0. The summed E-state index contributed by atoms with van der Waals surface area (Å²) in [5, 5.41) is 3.56. The van der Waals surface area contributed by atoms with Crippen LogP contribution in [0.5, 0.6) is 0 Å². The van der Waals surface area contributed by atoms with Gasteiger partial charge < -0.3 is 4.57 Å². The molecule has 200 valence electrons. The molecule has 0 bridgehead atoms. The summed E-state index contributed by atoms with van der Waals surface area (Å²) >= 11 is 27.1. The van der Waals surface area contributed by atoms with E-state index >= 15 is 0 Å². The summed E-state index contributed by atoms with van der Waals surface area (Å²) in [6, 6.07) is 28.1. The van der Waals surface area contributed by atoms with Gasteiger partial charge in [0, 0.05) is 15.6 Å². The maximum Gasteiger partial charge on any atom is 0.0832 e. The first-order valence-electron chi connectivity index (χ1n) is 12.5. The van der Waals surface area contributed by atoms with Gasteiger partial charge >= 0.3 is 0 Å². The molecular formula is C33H28BrCl4N. The molecule has 0 fully saturated rings. The van der Waals surface area contributed by atoms with Gasteiger partial charge in [-0.1, -0.05) is 107 Å². The van der Waals surface area contributed by atoms with Crippen molar-refractivity contribution in [2.75, 3.05) is 0 Å². The highest BCUT2D eigenvalue weighted by molar-refractivity contribution is 9.10. The van der Waals surface area contributed by atoms with Crippen LogP contribution < -0.4 is 0 Å². The molecule has 1 aromatic heterocycles. The predicted molar refractivity (Wildman–Crippen MR) is 175 cm³/mol. The zero-order valence-electron chi connectivity index (χ0n) is 22.1. The molecule has 0 aliphatic heterocycles. The maximum atomic E-state index is 6.36. The second-order valence-corrected chi connectivity index (χ2v) is 11.8. The molecule has 0 atom stereocenters. The Morgan fingerprint density at radius 2 is 1.28 bits per heavy atom. The fraction of sp³-hybridized carbons (Fsp3) is 0.152. The third-order valence-corrected chi connectivity index (χ3v) is 9.54. The number of hydrogen-bond acceptors (Lipinski definition) is 0. The zero-order chi connectivity index (χ0) is 28.3. The van der Waals surface area contributed by atoms with E-state index in [1.54, 1.807) is 12.1 Å². The van der Waals surface area contributed by atoms with E-state index in [9.17, 15) is 0 Å². The van der Waals surface area contributed by atoms with Gasteiger partial charge in [0.05, 0.1) is 31.3 Å². The molecule has 0 spiro atoms. The number of fused-ring (bicyclic) bond motifs is 2. The number of hydrogen-bond donors (Lipinski definition) is 0. The fourth-order valence-electron chi connectivity index (χ4n) is 4.67. The van der Waals surface area contributed by atoms with Crippen LogP contribution in [0, 0.1) is 13.8 Å². The van der Waals surface area contributed by atoms with Crippen molar-refractivity contribution >= 4 is 78.8 Å². The van der Waals surface area contributed by atoms with Crippen molar-refractivity contribution in [1.82, 2.24) is 4.57 Å². The SMILES string of the molecule is CC1=C(C)c2ccccc2C1.Cc1c(C)n(-c2cccc(Cl)c2Cl)c2ccccc12.Clc1cccc(Br)c1Cl. The first kappa shape index (κ1) is 29.8. The van der Waals surface area contributed by atoms with Crippen LogP contribution in [0.1, 0.15) is 36.2 Å². The lowest BCUT2D eigenvalue weighted by atomic mass is 10.1. The van der Waals surface area contributed by atoms with Crippen LogP contribution in [-0.2, 0) is 6.42 Å². The summed E-state index contributed by atoms with van der Waals surface area (Å²) in [4.78, 5) is 0. The second-order valence-electron chi connectivity index (χ2n) is 9.41. The van der Waals surface area contributed by atoms with Crippen molar-refractivity contribution in [2.45, 2.75) is 34.1 Å². The number of halogens is 5. The third-order valence-electron chi connectivity index (χ3n) is 7.02. The van der Waals surface area contributed by atoms with Crippen LogP contribution in [0.25, 0.3) is 22.2 Å². The molecule has 4 aromatic carbocycles. The van der Waals surface area contributed by atoms with Crippen LogP contribution >= 0.6 is 62.3 Å². The largest absolute Gasteiger partial charge is 0.312 e. The van der Waals surface area contributed by atoms with Crippen molar-refractivity contribution in [3.8, 4) is 5.69 Å². The fourth-order valence-corrected chi connectivity index (χ4v) is 5.83. The number of para-hydroxylation sites is 1. The van der Waals surface area contributed by atoms with Crippen LogP contribution in [0.15, 0.2) is 95.0 Å². The third kappa shape index (κ3) is 6.42. The topological polar surface area (TPSA) is 4.93 Å². The number of allylic oxidation sites excluding steroid dienone is 2. The summed E-state index contributed by atoms with van der Waals surface area (Å²) in [6.07, 6.45) is 1.15. The van der Waals surface area contributed by atoms with Gasteiger partial charge in [0.25, 0.3) is 0 Å². The van der Waals surface area contributed by atoms with E-state index in [0.29, 0.717) is 20.1 Å². The van der Waals surface area contributed by atoms with Gasteiger partial charge in [-0.15, -0.1) is 0 Å². The highest BCUT2D eigenvalue weighted by Gasteiger charge is 2.15. The lowest BCUT2D eigenvalue weighted by Gasteiger charge is -2.11. The molecule has 0 N–H and O–H groups in total. The van der Waals surface area contributed by atoms with Crippen LogP contribution in [0.2, 0.25) is 20.1 Å². The van der Waals surface area contributed by atoms with Crippen LogP contribution in [0.4, 0.5) is 0 Å². The van der Waals surface area contributed by atoms with Crippen molar-refractivity contribution in [2.24, 2.45) is 0 Å². The van der Waals surface area contributed by atoms with Gasteiger partial charge in [0.15, 0.2) is 0 Å². The summed E-state index contributed by atoms with van der Waals surface area (Å²) in [5.74, 6) is 0. The van der Waals surface area contributed by atoms with Crippen LogP contribution in [-0.4, -0.2) is 4.57 Å². The first-order chi connectivity index (χ1) is 18.6. The van der Waals surface area contributed by atoms with Crippen molar-refractivity contribution in [3.63, 3.8) is 0 Å². The zero-order valence-corrected chi connectivity index (χ0v) is 26.7. The van der Waals surface area contributed by atoms with Crippen molar-refractivity contribution < 1.29 is 0 Å². The normalized spacial score (nSPS) is 12.0. The molecule has 39 heavy (non-hydrogen) atoms. The minimum atomic E-state index is 0.569. The van der Waals surface area contributed by atoms with E-state index in [0.717, 1.165) is 22.1 Å². The number of rotatable bonds is 1. The van der Waals surface area contributed by atoms with E-state index < -0.39 is 0 Å². The summed E-state index contributed by atoms with van der Waals surface area (Å²) in [5.41, 5.74) is 10.5. The highest BCUT2D eigenvalue weighted by atomic mass is 79.9. The molecule has 6 heteroatoms. The van der Waals surface area contributed by atoms with Crippen molar-refractivity contribution in [3.05, 3.63) is 137 Å². The van der Waals surface area contributed by atoms with E-state index in [1.807, 2.05) is 30.3 Å². The smallest absolute Gasteiger partial charge is 0.0832 e. The number of nitrogens with zero attached hydrogens (tertiary/aromatic N) is 1. The molecule has 1 heterocycles. The Labute approximate surface area is 259 Å². The molecule has 0 saturated heterocycles. The first-order valence-corrected chi connectivity index (χ1v) is 14.8. The average molecular weight is 660 g/mol. The number of aryl methyl sites for hydroxylation is 1. The van der Waals surface area contributed by atoms with Gasteiger partial charge in [-0.3, -0.25) is 0 Å². The lowest BCUT2D eigenvalue weighted by molar-refractivity contribution is 1.04. The monoisotopic (exact) mass is 657 g/mol. The quantitative estimate of drug-likeness (QED) is 0.158.